The highest BCUT2D eigenvalue weighted by molar-refractivity contribution is 5.88. The summed E-state index contributed by atoms with van der Waals surface area (Å²) in [5.41, 5.74) is 0.694. The number of carbonyl (C=O) groups excluding carboxylic acids is 1. The van der Waals surface area contributed by atoms with Crippen LogP contribution in [0, 0.1) is 0 Å². The van der Waals surface area contributed by atoms with Crippen molar-refractivity contribution in [3.05, 3.63) is 29.8 Å². The summed E-state index contributed by atoms with van der Waals surface area (Å²) in [6.45, 7) is 9.85. The van der Waals surface area contributed by atoms with Crippen LogP contribution in [0.25, 0.3) is 0 Å². The molecule has 5 nitrogen and oxygen atoms in total. The van der Waals surface area contributed by atoms with Crippen molar-refractivity contribution in [1.82, 2.24) is 9.80 Å². The molecule has 1 aromatic rings. The van der Waals surface area contributed by atoms with E-state index in [2.05, 4.69) is 47.9 Å². The van der Waals surface area contributed by atoms with Crippen LogP contribution in [0.2, 0.25) is 0 Å². The molecule has 1 aromatic carbocycles. The molecular weight excluding hydrogens is 376 g/mol. The fourth-order valence-electron chi connectivity index (χ4n) is 5.30. The van der Waals surface area contributed by atoms with Crippen LogP contribution >= 0.6 is 0 Å². The first-order valence-electron chi connectivity index (χ1n) is 12.0. The zero-order valence-electron chi connectivity index (χ0n) is 18.8. The molecule has 0 atom stereocenters. The second-order valence-corrected chi connectivity index (χ2v) is 9.52. The number of rotatable bonds is 5. The van der Waals surface area contributed by atoms with Crippen molar-refractivity contribution in [2.75, 3.05) is 39.4 Å². The molecule has 0 N–H and O–H groups in total. The van der Waals surface area contributed by atoms with Gasteiger partial charge in [0.05, 0.1) is 5.41 Å². The molecular formula is C25H38N2O3. The number of piperidine rings is 2. The third kappa shape index (κ3) is 4.67. The van der Waals surface area contributed by atoms with E-state index in [4.69, 9.17) is 9.47 Å². The lowest BCUT2D eigenvalue weighted by Gasteiger charge is -2.41. The molecule has 1 amide bonds. The molecule has 3 aliphatic rings. The van der Waals surface area contributed by atoms with E-state index in [9.17, 15) is 4.79 Å². The molecule has 0 aliphatic carbocycles. The molecule has 0 aromatic heterocycles. The molecule has 0 saturated carbocycles. The molecule has 0 unspecified atom stereocenters. The third-order valence-electron chi connectivity index (χ3n) is 7.32. The molecule has 0 radical (unpaired) electrons. The SMILES string of the molecule is CC(C)N1CCC(Oc2ccc(C3(C(=O)N4CCCCC4)CCOCC3)cc2)CC1. The second kappa shape index (κ2) is 9.69. The number of hydrogen-bond donors (Lipinski definition) is 0. The number of amides is 1. The number of ether oxygens (including phenoxy) is 2. The summed E-state index contributed by atoms with van der Waals surface area (Å²) in [5.74, 6) is 1.23. The van der Waals surface area contributed by atoms with Crippen molar-refractivity contribution in [1.29, 1.82) is 0 Å². The van der Waals surface area contributed by atoms with Gasteiger partial charge in [0.1, 0.15) is 11.9 Å². The molecule has 4 rings (SSSR count). The van der Waals surface area contributed by atoms with E-state index < -0.39 is 5.41 Å². The number of nitrogens with zero attached hydrogens (tertiary/aromatic N) is 2. The van der Waals surface area contributed by atoms with Gasteiger partial charge in [-0.25, -0.2) is 0 Å². The number of hydrogen-bond acceptors (Lipinski definition) is 4. The van der Waals surface area contributed by atoms with Crippen molar-refractivity contribution in [3.63, 3.8) is 0 Å². The Balaban J connectivity index is 1.44. The van der Waals surface area contributed by atoms with E-state index in [1.54, 1.807) is 0 Å². The lowest BCUT2D eigenvalue weighted by atomic mass is 9.72. The quantitative estimate of drug-likeness (QED) is 0.730. The molecule has 5 heteroatoms. The minimum Gasteiger partial charge on any atom is -0.490 e. The summed E-state index contributed by atoms with van der Waals surface area (Å²) in [5, 5.41) is 0. The maximum absolute atomic E-state index is 13.6. The summed E-state index contributed by atoms with van der Waals surface area (Å²) >= 11 is 0. The number of likely N-dealkylation sites (tertiary alicyclic amines) is 2. The first-order valence-corrected chi connectivity index (χ1v) is 12.0. The number of carbonyl (C=O) groups is 1. The molecule has 3 saturated heterocycles. The van der Waals surface area contributed by atoms with Gasteiger partial charge in [-0.3, -0.25) is 4.79 Å². The molecule has 3 heterocycles. The van der Waals surface area contributed by atoms with Crippen molar-refractivity contribution < 1.29 is 14.3 Å². The maximum atomic E-state index is 13.6. The minimum atomic E-state index is -0.434. The first kappa shape index (κ1) is 21.6. The summed E-state index contributed by atoms with van der Waals surface area (Å²) in [4.78, 5) is 18.2. The van der Waals surface area contributed by atoms with Gasteiger partial charge in [-0.15, -0.1) is 0 Å². The van der Waals surface area contributed by atoms with Gasteiger partial charge in [0.2, 0.25) is 5.91 Å². The van der Waals surface area contributed by atoms with Gasteiger partial charge in [-0.05, 0) is 76.5 Å². The van der Waals surface area contributed by atoms with Gasteiger partial charge in [0.25, 0.3) is 0 Å². The van der Waals surface area contributed by atoms with Crippen molar-refractivity contribution in [2.24, 2.45) is 0 Å². The van der Waals surface area contributed by atoms with Gasteiger partial charge >= 0.3 is 0 Å². The zero-order chi connectivity index (χ0) is 21.0. The second-order valence-electron chi connectivity index (χ2n) is 9.52. The van der Waals surface area contributed by atoms with Gasteiger partial charge in [-0.1, -0.05) is 12.1 Å². The highest BCUT2D eigenvalue weighted by Gasteiger charge is 2.44. The van der Waals surface area contributed by atoms with Crippen LogP contribution in [0.4, 0.5) is 0 Å². The van der Waals surface area contributed by atoms with Crippen molar-refractivity contribution >= 4 is 5.91 Å². The van der Waals surface area contributed by atoms with Gasteiger partial charge < -0.3 is 19.3 Å². The summed E-state index contributed by atoms with van der Waals surface area (Å²) in [6, 6.07) is 9.02. The van der Waals surface area contributed by atoms with Crippen LogP contribution in [0.15, 0.2) is 24.3 Å². The van der Waals surface area contributed by atoms with E-state index >= 15 is 0 Å². The minimum absolute atomic E-state index is 0.290. The lowest BCUT2D eigenvalue weighted by molar-refractivity contribution is -0.142. The first-order chi connectivity index (χ1) is 14.6. The average molecular weight is 415 g/mol. The maximum Gasteiger partial charge on any atom is 0.233 e. The Kier molecular flexibility index (Phi) is 6.99. The number of benzene rings is 1. The van der Waals surface area contributed by atoms with Crippen LogP contribution in [-0.4, -0.2) is 67.2 Å². The van der Waals surface area contributed by atoms with E-state index in [-0.39, 0.29) is 6.10 Å². The van der Waals surface area contributed by atoms with Gasteiger partial charge in [0.15, 0.2) is 0 Å². The molecule has 3 aliphatic heterocycles. The monoisotopic (exact) mass is 414 g/mol. The topological polar surface area (TPSA) is 42.0 Å². The molecule has 30 heavy (non-hydrogen) atoms. The fraction of sp³-hybridized carbons (Fsp3) is 0.720. The highest BCUT2D eigenvalue weighted by atomic mass is 16.5. The van der Waals surface area contributed by atoms with E-state index in [1.807, 2.05) is 0 Å². The Hall–Kier alpha value is -1.59. The third-order valence-corrected chi connectivity index (χ3v) is 7.32. The zero-order valence-corrected chi connectivity index (χ0v) is 18.8. The highest BCUT2D eigenvalue weighted by Crippen LogP contribution is 2.38. The molecule has 3 fully saturated rings. The summed E-state index contributed by atoms with van der Waals surface area (Å²) in [6.07, 6.45) is 7.48. The Morgan fingerprint density at radius 2 is 1.63 bits per heavy atom. The van der Waals surface area contributed by atoms with Crippen LogP contribution in [0.1, 0.15) is 64.4 Å². The standard InChI is InChI=1S/C25H38N2O3/c1-20(2)26-16-10-23(11-17-26)30-22-8-6-21(7-9-22)25(12-18-29-19-13-25)24(28)27-14-4-3-5-15-27/h6-9,20,23H,3-5,10-19H2,1-2H3. The van der Waals surface area contributed by atoms with Crippen molar-refractivity contribution in [3.8, 4) is 5.75 Å². The lowest BCUT2D eigenvalue weighted by Crippen LogP contribution is -2.51. The summed E-state index contributed by atoms with van der Waals surface area (Å²) in [7, 11) is 0. The Bertz CT molecular complexity index is 683. The van der Waals surface area contributed by atoms with E-state index in [0.717, 1.165) is 76.0 Å². The van der Waals surface area contributed by atoms with Crippen LogP contribution in [0.3, 0.4) is 0 Å². The predicted molar refractivity (Wildman–Crippen MR) is 119 cm³/mol. The summed E-state index contributed by atoms with van der Waals surface area (Å²) < 4.78 is 11.9. The Morgan fingerprint density at radius 1 is 1.00 bits per heavy atom. The Morgan fingerprint density at radius 3 is 2.23 bits per heavy atom. The fourth-order valence-corrected chi connectivity index (χ4v) is 5.30. The molecule has 166 valence electrons. The predicted octanol–water partition coefficient (Wildman–Crippen LogP) is 4.00. The molecule has 0 spiro atoms. The van der Waals surface area contributed by atoms with Crippen LogP contribution < -0.4 is 4.74 Å². The van der Waals surface area contributed by atoms with E-state index in [1.165, 1.54) is 6.42 Å². The average Bonchev–Trinajstić information content (AvgIpc) is 2.80. The largest absolute Gasteiger partial charge is 0.490 e. The van der Waals surface area contributed by atoms with Gasteiger partial charge in [-0.2, -0.15) is 0 Å². The van der Waals surface area contributed by atoms with Crippen LogP contribution in [0.5, 0.6) is 5.75 Å². The molecule has 0 bridgehead atoms. The van der Waals surface area contributed by atoms with E-state index in [0.29, 0.717) is 25.2 Å². The smallest absolute Gasteiger partial charge is 0.233 e. The Labute approximate surface area is 181 Å². The normalized spacial score (nSPS) is 23.5. The van der Waals surface area contributed by atoms with Gasteiger partial charge in [0, 0.05) is 45.4 Å². The van der Waals surface area contributed by atoms with Crippen molar-refractivity contribution in [2.45, 2.75) is 76.4 Å². The van der Waals surface area contributed by atoms with Crippen LogP contribution in [-0.2, 0) is 14.9 Å².